The molecule has 0 aromatic heterocycles. The zero-order chi connectivity index (χ0) is 18.6. The lowest BCUT2D eigenvalue weighted by molar-refractivity contribution is -0.137. The first-order valence-electron chi connectivity index (χ1n) is 7.39. The van der Waals surface area contributed by atoms with E-state index in [0.717, 1.165) is 12.1 Å². The zero-order valence-electron chi connectivity index (χ0n) is 14.0. The number of rotatable bonds is 5. The van der Waals surface area contributed by atoms with Crippen LogP contribution in [0.2, 0.25) is 0 Å². The summed E-state index contributed by atoms with van der Waals surface area (Å²) in [4.78, 5) is 12.4. The normalized spacial score (nSPS) is 11.6. The molecule has 3 nitrogen and oxygen atoms in total. The van der Waals surface area contributed by atoms with Crippen LogP contribution < -0.4 is 9.47 Å². The lowest BCUT2D eigenvalue weighted by Crippen LogP contribution is -2.07. The average Bonchev–Trinajstić information content (AvgIpc) is 2.58. The molecular weight excluding hydrogens is 333 g/mol. The minimum atomic E-state index is -4.48. The monoisotopic (exact) mass is 350 g/mol. The molecule has 6 heteroatoms. The summed E-state index contributed by atoms with van der Waals surface area (Å²) in [5, 5.41) is 0. The van der Waals surface area contributed by atoms with E-state index in [1.165, 1.54) is 38.5 Å². The first kappa shape index (κ1) is 18.6. The molecule has 0 spiro atoms. The lowest BCUT2D eigenvalue weighted by Gasteiger charge is -2.13. The highest BCUT2D eigenvalue weighted by Crippen LogP contribution is 2.34. The summed E-state index contributed by atoms with van der Waals surface area (Å²) in [6, 6.07) is 8.22. The second kappa shape index (κ2) is 7.42. The number of carbonyl (C=O) groups is 1. The molecule has 0 saturated heterocycles. The van der Waals surface area contributed by atoms with Gasteiger partial charge in [0.15, 0.2) is 17.3 Å². The summed E-state index contributed by atoms with van der Waals surface area (Å²) < 4.78 is 49.4. The number of allylic oxidation sites excluding steroid dienone is 1. The Balaban J connectivity index is 2.37. The van der Waals surface area contributed by atoms with Crippen molar-refractivity contribution >= 4 is 11.9 Å². The fourth-order valence-corrected chi connectivity index (χ4v) is 2.50. The van der Waals surface area contributed by atoms with Crippen LogP contribution in [0.3, 0.4) is 0 Å². The van der Waals surface area contributed by atoms with Crippen molar-refractivity contribution in [1.82, 2.24) is 0 Å². The molecule has 0 amide bonds. The van der Waals surface area contributed by atoms with Gasteiger partial charge in [0.1, 0.15) is 0 Å². The summed E-state index contributed by atoms with van der Waals surface area (Å²) in [6.45, 7) is 1.69. The largest absolute Gasteiger partial charge is 0.493 e. The molecule has 25 heavy (non-hydrogen) atoms. The van der Waals surface area contributed by atoms with Gasteiger partial charge in [-0.25, -0.2) is 0 Å². The van der Waals surface area contributed by atoms with Crippen molar-refractivity contribution in [2.45, 2.75) is 13.1 Å². The van der Waals surface area contributed by atoms with Crippen molar-refractivity contribution in [1.29, 1.82) is 0 Å². The molecule has 0 saturated carbocycles. The summed E-state index contributed by atoms with van der Waals surface area (Å²) >= 11 is 0. The highest BCUT2D eigenvalue weighted by molar-refractivity contribution is 6.08. The van der Waals surface area contributed by atoms with Gasteiger partial charge in [0.25, 0.3) is 0 Å². The Morgan fingerprint density at radius 2 is 1.72 bits per heavy atom. The summed E-state index contributed by atoms with van der Waals surface area (Å²) in [6.07, 6.45) is -2.19. The van der Waals surface area contributed by atoms with E-state index in [-0.39, 0.29) is 5.56 Å². The molecule has 0 aliphatic rings. The molecule has 2 aromatic carbocycles. The van der Waals surface area contributed by atoms with E-state index in [2.05, 4.69) is 0 Å². The van der Waals surface area contributed by atoms with Gasteiger partial charge in [0, 0.05) is 11.1 Å². The van der Waals surface area contributed by atoms with Crippen LogP contribution in [-0.2, 0) is 6.18 Å². The molecule has 0 aliphatic carbocycles. The molecule has 0 atom stereocenters. The molecule has 0 unspecified atom stereocenters. The molecule has 0 heterocycles. The highest BCUT2D eigenvalue weighted by Gasteiger charge is 2.32. The Morgan fingerprint density at radius 1 is 1.04 bits per heavy atom. The fraction of sp³-hybridized carbons (Fsp3) is 0.211. The first-order valence-corrected chi connectivity index (χ1v) is 7.39. The second-order valence-electron chi connectivity index (χ2n) is 5.26. The number of halogens is 3. The maximum atomic E-state index is 13.0. The maximum absolute atomic E-state index is 13.0. The number of ether oxygens (including phenoxy) is 2. The van der Waals surface area contributed by atoms with Gasteiger partial charge in [-0.1, -0.05) is 24.3 Å². The zero-order valence-corrected chi connectivity index (χ0v) is 14.0. The van der Waals surface area contributed by atoms with E-state index in [4.69, 9.17) is 9.47 Å². The van der Waals surface area contributed by atoms with Gasteiger partial charge < -0.3 is 9.47 Å². The van der Waals surface area contributed by atoms with E-state index in [1.807, 2.05) is 0 Å². The average molecular weight is 350 g/mol. The van der Waals surface area contributed by atoms with Gasteiger partial charge in [0.05, 0.1) is 19.8 Å². The van der Waals surface area contributed by atoms with E-state index >= 15 is 0 Å². The fourth-order valence-electron chi connectivity index (χ4n) is 2.50. The van der Waals surface area contributed by atoms with Crippen LogP contribution in [0.25, 0.3) is 6.08 Å². The molecule has 0 fully saturated rings. The van der Waals surface area contributed by atoms with Gasteiger partial charge in [-0.15, -0.1) is 0 Å². The van der Waals surface area contributed by atoms with Crippen molar-refractivity contribution in [3.8, 4) is 11.5 Å². The van der Waals surface area contributed by atoms with Gasteiger partial charge in [-0.05, 0) is 36.8 Å². The number of benzene rings is 2. The number of hydrogen-bond acceptors (Lipinski definition) is 3. The van der Waals surface area contributed by atoms with Crippen molar-refractivity contribution < 1.29 is 27.4 Å². The van der Waals surface area contributed by atoms with E-state index < -0.39 is 17.5 Å². The van der Waals surface area contributed by atoms with Crippen LogP contribution in [0.1, 0.15) is 27.0 Å². The van der Waals surface area contributed by atoms with Crippen molar-refractivity contribution in [3.63, 3.8) is 0 Å². The third kappa shape index (κ3) is 4.02. The molecular formula is C19H17F3O3. The first-order chi connectivity index (χ1) is 11.8. The van der Waals surface area contributed by atoms with Crippen LogP contribution in [-0.4, -0.2) is 20.0 Å². The van der Waals surface area contributed by atoms with Crippen molar-refractivity contribution in [2.24, 2.45) is 0 Å². The van der Waals surface area contributed by atoms with Gasteiger partial charge in [-0.3, -0.25) is 4.79 Å². The standard InChI is InChI=1S/C19H17F3O3/c1-12-14(9-11-17(24-2)18(12)25-3)16(23)10-8-13-6-4-5-7-15(13)19(20,21)22/h4-11H,1-3H3. The Kier molecular flexibility index (Phi) is 5.51. The molecule has 2 rings (SSSR count). The van der Waals surface area contributed by atoms with E-state index in [0.29, 0.717) is 22.6 Å². The van der Waals surface area contributed by atoms with E-state index in [9.17, 15) is 18.0 Å². The minimum absolute atomic E-state index is 0.0681. The van der Waals surface area contributed by atoms with Crippen LogP contribution in [0, 0.1) is 6.92 Å². The second-order valence-corrected chi connectivity index (χ2v) is 5.26. The maximum Gasteiger partial charge on any atom is 0.416 e. The smallest absolute Gasteiger partial charge is 0.416 e. The number of carbonyl (C=O) groups excluding carboxylic acids is 1. The van der Waals surface area contributed by atoms with Crippen LogP contribution in [0.4, 0.5) is 13.2 Å². The predicted molar refractivity (Wildman–Crippen MR) is 89.1 cm³/mol. The number of ketones is 1. The summed E-state index contributed by atoms with van der Waals surface area (Å²) in [7, 11) is 2.93. The van der Waals surface area contributed by atoms with Crippen LogP contribution >= 0.6 is 0 Å². The molecule has 0 aliphatic heterocycles. The minimum Gasteiger partial charge on any atom is -0.493 e. The van der Waals surface area contributed by atoms with Crippen molar-refractivity contribution in [2.75, 3.05) is 14.2 Å². The summed E-state index contributed by atoms with van der Waals surface area (Å²) in [5.74, 6) is 0.468. The van der Waals surface area contributed by atoms with Gasteiger partial charge in [0.2, 0.25) is 0 Å². The van der Waals surface area contributed by atoms with Crippen LogP contribution in [0.5, 0.6) is 11.5 Å². The Labute approximate surface area is 143 Å². The Hall–Kier alpha value is -2.76. The van der Waals surface area contributed by atoms with E-state index in [1.54, 1.807) is 19.1 Å². The number of alkyl halides is 3. The molecule has 132 valence electrons. The molecule has 0 radical (unpaired) electrons. The molecule has 0 N–H and O–H groups in total. The number of hydrogen-bond donors (Lipinski definition) is 0. The molecule has 2 aromatic rings. The van der Waals surface area contributed by atoms with Crippen molar-refractivity contribution in [3.05, 3.63) is 64.7 Å². The topological polar surface area (TPSA) is 35.5 Å². The third-order valence-corrected chi connectivity index (χ3v) is 3.74. The number of methoxy groups -OCH3 is 2. The van der Waals surface area contributed by atoms with Crippen LogP contribution in [0.15, 0.2) is 42.5 Å². The van der Waals surface area contributed by atoms with Gasteiger partial charge in [-0.2, -0.15) is 13.2 Å². The quantitative estimate of drug-likeness (QED) is 0.567. The predicted octanol–water partition coefficient (Wildman–Crippen LogP) is 4.93. The Bertz CT molecular complexity index is 808. The lowest BCUT2D eigenvalue weighted by atomic mass is 10.0. The Morgan fingerprint density at radius 3 is 2.32 bits per heavy atom. The summed E-state index contributed by atoms with van der Waals surface area (Å²) in [5.41, 5.74) is 0.0311. The SMILES string of the molecule is COc1ccc(C(=O)C=Cc2ccccc2C(F)(F)F)c(C)c1OC. The highest BCUT2D eigenvalue weighted by atomic mass is 19.4. The third-order valence-electron chi connectivity index (χ3n) is 3.74. The van der Waals surface area contributed by atoms with Gasteiger partial charge >= 0.3 is 6.18 Å². The molecule has 0 bridgehead atoms.